The lowest BCUT2D eigenvalue weighted by Gasteiger charge is -2.34. The van der Waals surface area contributed by atoms with Gasteiger partial charge in [-0.2, -0.15) is 0 Å². The van der Waals surface area contributed by atoms with Gasteiger partial charge in [-0.25, -0.2) is 5.48 Å². The number of carbonyl (C=O) groups is 1. The van der Waals surface area contributed by atoms with Crippen molar-refractivity contribution in [2.75, 3.05) is 32.8 Å². The minimum absolute atomic E-state index is 0.425. The highest BCUT2D eigenvalue weighted by molar-refractivity contribution is 5.93. The second-order valence-corrected chi connectivity index (χ2v) is 10.7. The van der Waals surface area contributed by atoms with Crippen LogP contribution in [0.4, 0.5) is 0 Å². The van der Waals surface area contributed by atoms with E-state index in [0.717, 1.165) is 48.8 Å². The van der Waals surface area contributed by atoms with E-state index in [1.807, 2.05) is 24.3 Å². The van der Waals surface area contributed by atoms with E-state index < -0.39 is 5.91 Å². The molecule has 0 bridgehead atoms. The molecule has 38 heavy (non-hydrogen) atoms. The van der Waals surface area contributed by atoms with Gasteiger partial charge in [0.2, 0.25) is 0 Å². The summed E-state index contributed by atoms with van der Waals surface area (Å²) in [5, 5.41) is 14.8. The van der Waals surface area contributed by atoms with Gasteiger partial charge in [-0.1, -0.05) is 73.9 Å². The van der Waals surface area contributed by atoms with Crippen molar-refractivity contribution in [3.8, 4) is 5.75 Å². The van der Waals surface area contributed by atoms with Crippen LogP contribution in [0.1, 0.15) is 54.4 Å². The van der Waals surface area contributed by atoms with Crippen molar-refractivity contribution < 1.29 is 14.7 Å². The number of hydrogen-bond donors (Lipinski definition) is 3. The minimum Gasteiger partial charge on any atom is -0.489 e. The lowest BCUT2D eigenvalue weighted by molar-refractivity contribution is 0.0706. The molecule has 1 heterocycles. The third-order valence-electron chi connectivity index (χ3n) is 7.98. The van der Waals surface area contributed by atoms with Gasteiger partial charge in [-0.15, -0.1) is 0 Å². The van der Waals surface area contributed by atoms with Crippen LogP contribution < -0.4 is 15.5 Å². The lowest BCUT2D eigenvalue weighted by atomic mass is 9.88. The molecular formula is C32H39N3O3. The Morgan fingerprint density at radius 1 is 1.00 bits per heavy atom. The maximum atomic E-state index is 11.8. The van der Waals surface area contributed by atoms with Crippen molar-refractivity contribution in [1.29, 1.82) is 0 Å². The summed E-state index contributed by atoms with van der Waals surface area (Å²) in [5.74, 6) is 1.15. The highest BCUT2D eigenvalue weighted by atomic mass is 16.5. The summed E-state index contributed by atoms with van der Waals surface area (Å²) in [5.41, 5.74) is 4.35. The largest absolute Gasteiger partial charge is 0.489 e. The van der Waals surface area contributed by atoms with Gasteiger partial charge in [0.05, 0.1) is 0 Å². The van der Waals surface area contributed by atoms with Crippen molar-refractivity contribution in [2.45, 2.75) is 44.6 Å². The molecule has 0 aromatic heterocycles. The molecule has 1 unspecified atom stereocenters. The zero-order valence-corrected chi connectivity index (χ0v) is 22.1. The third kappa shape index (κ3) is 6.81. The molecule has 3 aromatic carbocycles. The molecule has 1 amide bonds. The lowest BCUT2D eigenvalue weighted by Crippen LogP contribution is -2.42. The first-order valence-corrected chi connectivity index (χ1v) is 14.0. The molecular weight excluding hydrogens is 474 g/mol. The monoisotopic (exact) mass is 513 g/mol. The molecule has 0 radical (unpaired) electrons. The minimum atomic E-state index is -0.507. The Morgan fingerprint density at radius 3 is 2.55 bits per heavy atom. The van der Waals surface area contributed by atoms with Gasteiger partial charge in [-0.3, -0.25) is 14.9 Å². The Balaban J connectivity index is 1.40. The predicted octanol–water partition coefficient (Wildman–Crippen LogP) is 5.67. The van der Waals surface area contributed by atoms with Crippen molar-refractivity contribution in [1.82, 2.24) is 15.7 Å². The fourth-order valence-electron chi connectivity index (χ4n) is 5.91. The predicted molar refractivity (Wildman–Crippen MR) is 153 cm³/mol. The number of ether oxygens (including phenoxy) is 1. The molecule has 200 valence electrons. The Labute approximate surface area is 225 Å². The number of amides is 1. The number of nitrogens with zero attached hydrogens (tertiary/aromatic N) is 1. The quantitative estimate of drug-likeness (QED) is 0.241. The van der Waals surface area contributed by atoms with Crippen LogP contribution in [-0.4, -0.2) is 54.8 Å². The number of rotatable bonds is 10. The number of nitrogens with one attached hydrogen (secondary N) is 2. The molecule has 2 aliphatic rings. The first-order valence-electron chi connectivity index (χ1n) is 14.0. The Hall–Kier alpha value is -3.19. The number of carbonyl (C=O) groups excluding carboxylic acids is 1. The van der Waals surface area contributed by atoms with Crippen molar-refractivity contribution >= 4 is 22.8 Å². The smallest absolute Gasteiger partial charge is 0.274 e. The number of fused-ring (bicyclic) bond motifs is 1. The Morgan fingerprint density at radius 2 is 1.79 bits per heavy atom. The third-order valence-corrected chi connectivity index (χ3v) is 7.98. The normalized spacial score (nSPS) is 18.7. The van der Waals surface area contributed by atoms with Crippen LogP contribution >= 0.6 is 0 Å². The number of hydroxylamine groups is 1. The second-order valence-electron chi connectivity index (χ2n) is 10.7. The van der Waals surface area contributed by atoms with Gasteiger partial charge < -0.3 is 10.1 Å². The average Bonchev–Trinajstić information content (AvgIpc) is 3.51. The summed E-state index contributed by atoms with van der Waals surface area (Å²) in [6.45, 7) is 4.59. The van der Waals surface area contributed by atoms with E-state index in [2.05, 4.69) is 46.6 Å². The fourth-order valence-corrected chi connectivity index (χ4v) is 5.91. The zero-order chi connectivity index (χ0) is 26.2. The highest BCUT2D eigenvalue weighted by Gasteiger charge is 2.26. The topological polar surface area (TPSA) is 73.8 Å². The summed E-state index contributed by atoms with van der Waals surface area (Å²) in [6, 6.07) is 22.4. The second kappa shape index (κ2) is 13.1. The van der Waals surface area contributed by atoms with Crippen LogP contribution in [0.5, 0.6) is 5.75 Å². The standard InChI is InChI=1S/C32H39N3O3/c36-32(34-37)28-15-13-24(14-16-28)19-26(23-38-31-12-6-10-27-9-4-5-11-30(27)31)22-35(29-17-18-33-20-29)21-25-7-2-1-3-8-25/h4-6,9-16,19,25,29,33,37H,1-3,7-8,17-18,20-23H2,(H,34,36)/b26-19-. The van der Waals surface area contributed by atoms with Gasteiger partial charge in [0, 0.05) is 36.6 Å². The number of benzene rings is 3. The first-order chi connectivity index (χ1) is 18.7. The molecule has 1 aliphatic carbocycles. The molecule has 6 nitrogen and oxygen atoms in total. The average molecular weight is 514 g/mol. The summed E-state index contributed by atoms with van der Waals surface area (Å²) < 4.78 is 6.48. The SMILES string of the molecule is O=C(NO)c1ccc(/C=C(\COc2cccc3ccccc23)CN(CC2CCCCC2)C2CCNC2)cc1. The highest BCUT2D eigenvalue weighted by Crippen LogP contribution is 2.28. The summed E-state index contributed by atoms with van der Waals surface area (Å²) in [6.07, 6.45) is 10.1. The summed E-state index contributed by atoms with van der Waals surface area (Å²) >= 11 is 0. The summed E-state index contributed by atoms with van der Waals surface area (Å²) in [4.78, 5) is 14.5. The molecule has 6 heteroatoms. The van der Waals surface area contributed by atoms with E-state index in [4.69, 9.17) is 9.94 Å². The molecule has 1 saturated heterocycles. The van der Waals surface area contributed by atoms with Crippen LogP contribution in [0.2, 0.25) is 0 Å². The van der Waals surface area contributed by atoms with Crippen LogP contribution in [0, 0.1) is 5.92 Å². The molecule has 0 spiro atoms. The maximum Gasteiger partial charge on any atom is 0.274 e. The van der Waals surface area contributed by atoms with E-state index in [9.17, 15) is 4.79 Å². The van der Waals surface area contributed by atoms with E-state index in [0.29, 0.717) is 18.2 Å². The van der Waals surface area contributed by atoms with Gasteiger partial charge in [0.25, 0.3) is 5.91 Å². The van der Waals surface area contributed by atoms with Crippen LogP contribution in [0.3, 0.4) is 0 Å². The zero-order valence-electron chi connectivity index (χ0n) is 22.1. The fraction of sp³-hybridized carbons (Fsp3) is 0.406. The first kappa shape index (κ1) is 26.4. The van der Waals surface area contributed by atoms with Gasteiger partial charge >= 0.3 is 0 Å². The molecule has 1 saturated carbocycles. The maximum absolute atomic E-state index is 11.8. The molecule has 1 atom stereocenters. The Kier molecular flexibility index (Phi) is 9.07. The molecule has 5 rings (SSSR count). The van der Waals surface area contributed by atoms with E-state index in [1.54, 1.807) is 17.6 Å². The Bertz CT molecular complexity index is 1220. The molecule has 3 N–H and O–H groups in total. The summed E-state index contributed by atoms with van der Waals surface area (Å²) in [7, 11) is 0. The molecule has 3 aromatic rings. The number of hydrogen-bond acceptors (Lipinski definition) is 5. The van der Waals surface area contributed by atoms with Crippen LogP contribution in [0.25, 0.3) is 16.8 Å². The molecule has 1 aliphatic heterocycles. The van der Waals surface area contributed by atoms with E-state index >= 15 is 0 Å². The van der Waals surface area contributed by atoms with Crippen LogP contribution in [0.15, 0.2) is 72.3 Å². The van der Waals surface area contributed by atoms with Crippen molar-refractivity contribution in [3.05, 3.63) is 83.4 Å². The van der Waals surface area contributed by atoms with Crippen LogP contribution in [-0.2, 0) is 0 Å². The van der Waals surface area contributed by atoms with Crippen molar-refractivity contribution in [2.24, 2.45) is 5.92 Å². The molecule has 2 fully saturated rings. The van der Waals surface area contributed by atoms with Gasteiger partial charge in [0.15, 0.2) is 0 Å². The van der Waals surface area contributed by atoms with Crippen molar-refractivity contribution in [3.63, 3.8) is 0 Å². The van der Waals surface area contributed by atoms with Gasteiger partial charge in [-0.05, 0) is 66.4 Å². The van der Waals surface area contributed by atoms with E-state index in [-0.39, 0.29) is 0 Å². The van der Waals surface area contributed by atoms with E-state index in [1.165, 1.54) is 49.5 Å². The van der Waals surface area contributed by atoms with Gasteiger partial charge in [0.1, 0.15) is 12.4 Å².